The molecule has 4 rings (SSSR count). The predicted octanol–water partition coefficient (Wildman–Crippen LogP) is 2.89. The Balaban J connectivity index is 1.66. The normalized spacial score (nSPS) is 11.0. The van der Waals surface area contributed by atoms with Crippen LogP contribution < -0.4 is 15.0 Å². The molecule has 0 unspecified atom stereocenters. The first-order chi connectivity index (χ1) is 11.7. The Kier molecular flexibility index (Phi) is 3.62. The Labute approximate surface area is 140 Å². The average Bonchev–Trinajstić information content (AvgIpc) is 3.04. The van der Waals surface area contributed by atoms with Crippen LogP contribution in [0.1, 0.15) is 5.01 Å². The second kappa shape index (κ2) is 5.93. The molecule has 0 aliphatic rings. The summed E-state index contributed by atoms with van der Waals surface area (Å²) < 4.78 is 12.2. The summed E-state index contributed by atoms with van der Waals surface area (Å²) in [6.45, 7) is 0.261. The smallest absolute Gasteiger partial charge is 0.283 e. The standard InChI is InChI=1S/C17H13N3O3S/c1-22-11-5-4-6-12(9-11)23-10-15-19-20-16(21)13-7-2-3-8-14(13)18-17(20)24-15/h2-9H,10H2,1H3. The van der Waals surface area contributed by atoms with Crippen LogP contribution in [0.2, 0.25) is 0 Å². The summed E-state index contributed by atoms with van der Waals surface area (Å²) in [5, 5.41) is 5.56. The van der Waals surface area contributed by atoms with Crippen molar-refractivity contribution in [2.24, 2.45) is 0 Å². The van der Waals surface area contributed by atoms with Crippen molar-refractivity contribution in [3.63, 3.8) is 0 Å². The number of fused-ring (bicyclic) bond motifs is 2. The van der Waals surface area contributed by atoms with Crippen molar-refractivity contribution in [3.05, 3.63) is 63.9 Å². The van der Waals surface area contributed by atoms with Crippen molar-refractivity contribution < 1.29 is 9.47 Å². The molecule has 0 aliphatic heterocycles. The number of benzene rings is 2. The van der Waals surface area contributed by atoms with E-state index >= 15 is 0 Å². The van der Waals surface area contributed by atoms with Gasteiger partial charge in [-0.1, -0.05) is 29.5 Å². The van der Waals surface area contributed by atoms with Gasteiger partial charge in [0.25, 0.3) is 5.56 Å². The monoisotopic (exact) mass is 339 g/mol. The molecular formula is C17H13N3O3S. The number of hydrogen-bond acceptors (Lipinski definition) is 6. The van der Waals surface area contributed by atoms with E-state index in [1.54, 1.807) is 19.2 Å². The third-order valence-electron chi connectivity index (χ3n) is 3.55. The molecule has 0 spiro atoms. The van der Waals surface area contributed by atoms with E-state index in [0.717, 1.165) is 5.75 Å². The maximum absolute atomic E-state index is 12.5. The average molecular weight is 339 g/mol. The van der Waals surface area contributed by atoms with Gasteiger partial charge >= 0.3 is 0 Å². The lowest BCUT2D eigenvalue weighted by molar-refractivity contribution is 0.301. The second-order valence-corrected chi connectivity index (χ2v) is 6.13. The van der Waals surface area contributed by atoms with E-state index in [1.165, 1.54) is 15.9 Å². The van der Waals surface area contributed by atoms with Crippen molar-refractivity contribution in [2.75, 3.05) is 7.11 Å². The Bertz CT molecular complexity index is 1090. The highest BCUT2D eigenvalue weighted by Gasteiger charge is 2.11. The van der Waals surface area contributed by atoms with Crippen molar-refractivity contribution in [1.29, 1.82) is 0 Å². The Hall–Kier alpha value is -2.93. The summed E-state index contributed by atoms with van der Waals surface area (Å²) in [7, 11) is 1.61. The Morgan fingerprint density at radius 2 is 1.96 bits per heavy atom. The van der Waals surface area contributed by atoms with Crippen LogP contribution in [0.5, 0.6) is 11.5 Å². The number of para-hydroxylation sites is 1. The van der Waals surface area contributed by atoms with Crippen LogP contribution in [0.3, 0.4) is 0 Å². The van der Waals surface area contributed by atoms with Crippen molar-refractivity contribution >= 4 is 27.2 Å². The van der Waals surface area contributed by atoms with Gasteiger partial charge in [-0.25, -0.2) is 4.98 Å². The molecule has 0 saturated heterocycles. The minimum Gasteiger partial charge on any atom is -0.497 e. The van der Waals surface area contributed by atoms with Crippen molar-refractivity contribution in [3.8, 4) is 11.5 Å². The van der Waals surface area contributed by atoms with Crippen LogP contribution in [-0.2, 0) is 6.61 Å². The zero-order valence-corrected chi connectivity index (χ0v) is 13.6. The lowest BCUT2D eigenvalue weighted by Crippen LogP contribution is -2.15. The third-order valence-corrected chi connectivity index (χ3v) is 4.43. The Morgan fingerprint density at radius 1 is 1.12 bits per heavy atom. The Morgan fingerprint density at radius 3 is 2.83 bits per heavy atom. The molecule has 24 heavy (non-hydrogen) atoms. The molecule has 0 radical (unpaired) electrons. The fourth-order valence-corrected chi connectivity index (χ4v) is 3.19. The molecular weight excluding hydrogens is 326 g/mol. The SMILES string of the molecule is COc1cccc(OCc2nn3c(=O)c4ccccc4nc3s2)c1. The van der Waals surface area contributed by atoms with Crippen molar-refractivity contribution in [1.82, 2.24) is 14.6 Å². The van der Waals surface area contributed by atoms with Gasteiger partial charge in [-0.05, 0) is 24.3 Å². The number of nitrogens with zero attached hydrogens (tertiary/aromatic N) is 3. The number of methoxy groups -OCH3 is 1. The molecule has 0 N–H and O–H groups in total. The van der Waals surface area contributed by atoms with Gasteiger partial charge in [0.1, 0.15) is 18.1 Å². The molecule has 0 amide bonds. The summed E-state index contributed by atoms with van der Waals surface area (Å²) in [6, 6.07) is 14.6. The molecule has 2 heterocycles. The number of hydrogen-bond donors (Lipinski definition) is 0. The summed E-state index contributed by atoms with van der Waals surface area (Å²) in [6.07, 6.45) is 0. The van der Waals surface area contributed by atoms with E-state index in [1.807, 2.05) is 36.4 Å². The van der Waals surface area contributed by atoms with Gasteiger partial charge in [-0.3, -0.25) is 4.79 Å². The lowest BCUT2D eigenvalue weighted by Gasteiger charge is -2.05. The summed E-state index contributed by atoms with van der Waals surface area (Å²) in [4.78, 5) is 17.5. The molecule has 4 aromatic rings. The van der Waals surface area contributed by atoms with Gasteiger partial charge in [0, 0.05) is 6.07 Å². The topological polar surface area (TPSA) is 65.7 Å². The molecule has 0 aliphatic carbocycles. The van der Waals surface area contributed by atoms with Gasteiger partial charge in [0.05, 0.1) is 18.0 Å². The van der Waals surface area contributed by atoms with Gasteiger partial charge in [-0.15, -0.1) is 0 Å². The van der Waals surface area contributed by atoms with E-state index in [9.17, 15) is 4.79 Å². The molecule has 0 atom stereocenters. The van der Waals surface area contributed by atoms with Crippen LogP contribution in [0.15, 0.2) is 53.3 Å². The van der Waals surface area contributed by atoms with E-state index in [4.69, 9.17) is 9.47 Å². The highest BCUT2D eigenvalue weighted by molar-refractivity contribution is 7.16. The zero-order valence-electron chi connectivity index (χ0n) is 12.8. The molecule has 120 valence electrons. The van der Waals surface area contributed by atoms with E-state index in [-0.39, 0.29) is 12.2 Å². The third kappa shape index (κ3) is 2.59. The van der Waals surface area contributed by atoms with E-state index in [0.29, 0.717) is 26.6 Å². The van der Waals surface area contributed by atoms with E-state index in [2.05, 4.69) is 10.1 Å². The molecule has 0 fully saturated rings. The molecule has 2 aromatic carbocycles. The quantitative estimate of drug-likeness (QED) is 0.572. The summed E-state index contributed by atoms with van der Waals surface area (Å²) >= 11 is 1.34. The molecule has 0 saturated carbocycles. The largest absolute Gasteiger partial charge is 0.497 e. The van der Waals surface area contributed by atoms with Crippen LogP contribution in [0.25, 0.3) is 15.9 Å². The maximum Gasteiger partial charge on any atom is 0.283 e. The van der Waals surface area contributed by atoms with Gasteiger partial charge in [0.15, 0.2) is 5.01 Å². The first-order valence-corrected chi connectivity index (χ1v) is 8.10. The van der Waals surface area contributed by atoms with Crippen molar-refractivity contribution in [2.45, 2.75) is 6.61 Å². The van der Waals surface area contributed by atoms with Gasteiger partial charge in [-0.2, -0.15) is 9.61 Å². The van der Waals surface area contributed by atoms with E-state index < -0.39 is 0 Å². The predicted molar refractivity (Wildman–Crippen MR) is 92.0 cm³/mol. The highest BCUT2D eigenvalue weighted by Crippen LogP contribution is 2.21. The lowest BCUT2D eigenvalue weighted by atomic mass is 10.2. The molecule has 6 nitrogen and oxygen atoms in total. The molecule has 2 aromatic heterocycles. The maximum atomic E-state index is 12.5. The number of ether oxygens (including phenoxy) is 2. The van der Waals surface area contributed by atoms with Crippen LogP contribution in [-0.4, -0.2) is 21.7 Å². The summed E-state index contributed by atoms with van der Waals surface area (Å²) in [5.41, 5.74) is 0.505. The minimum atomic E-state index is -0.167. The fourth-order valence-electron chi connectivity index (χ4n) is 2.39. The van der Waals surface area contributed by atoms with Crippen LogP contribution >= 0.6 is 11.3 Å². The number of rotatable bonds is 4. The zero-order chi connectivity index (χ0) is 16.5. The minimum absolute atomic E-state index is 0.167. The van der Waals surface area contributed by atoms with Gasteiger partial charge in [0.2, 0.25) is 4.96 Å². The first-order valence-electron chi connectivity index (χ1n) is 7.29. The summed E-state index contributed by atoms with van der Waals surface area (Å²) in [5.74, 6) is 1.40. The molecule has 7 heteroatoms. The highest BCUT2D eigenvalue weighted by atomic mass is 32.1. The van der Waals surface area contributed by atoms with Crippen LogP contribution in [0.4, 0.5) is 0 Å². The first kappa shape index (κ1) is 14.6. The second-order valence-electron chi connectivity index (χ2n) is 5.09. The molecule has 0 bridgehead atoms. The van der Waals surface area contributed by atoms with Crippen LogP contribution in [0, 0.1) is 0 Å². The number of aromatic nitrogens is 3. The van der Waals surface area contributed by atoms with Gasteiger partial charge < -0.3 is 9.47 Å². The fraction of sp³-hybridized carbons (Fsp3) is 0.118.